The Kier molecular flexibility index (Phi) is 8.72. The maximum Gasteiger partial charge on any atom is 0.340 e. The molecule has 2 unspecified atom stereocenters. The highest BCUT2D eigenvalue weighted by Crippen LogP contribution is 2.35. The van der Waals surface area contributed by atoms with Gasteiger partial charge in [-0.05, 0) is 43.9 Å². The minimum absolute atomic E-state index is 0.117. The normalized spacial score (nSPS) is 12.2. The lowest BCUT2D eigenvalue weighted by Crippen LogP contribution is -2.24. The van der Waals surface area contributed by atoms with Crippen molar-refractivity contribution in [3.8, 4) is 34.5 Å². The molecule has 0 aliphatic rings. The molecule has 170 valence electrons. The van der Waals surface area contributed by atoms with Gasteiger partial charge in [-0.2, -0.15) is 0 Å². The molecule has 0 bridgehead atoms. The average Bonchev–Trinajstić information content (AvgIpc) is 2.69. The number of carbonyl (C=O) groups is 2. The van der Waals surface area contributed by atoms with Crippen molar-refractivity contribution in [1.82, 2.24) is 0 Å². The van der Waals surface area contributed by atoms with Crippen molar-refractivity contribution in [2.75, 3.05) is 7.11 Å². The van der Waals surface area contributed by atoms with Gasteiger partial charge in [0.2, 0.25) is 6.29 Å². The molecule has 0 saturated heterocycles. The molecule has 0 fully saturated rings. The van der Waals surface area contributed by atoms with Gasteiger partial charge >= 0.3 is 11.9 Å². The lowest BCUT2D eigenvalue weighted by molar-refractivity contribution is -0.272. The number of benzene rings is 2. The number of rotatable bonds is 6. The highest BCUT2D eigenvalue weighted by atomic mass is 16.8. The number of carboxylic acid groups (broad SMARTS) is 1. The molecule has 0 aliphatic heterocycles. The van der Waals surface area contributed by atoms with E-state index in [2.05, 4.69) is 0 Å². The van der Waals surface area contributed by atoms with E-state index in [0.717, 1.165) is 24.3 Å². The molecule has 12 nitrogen and oxygen atoms in total. The van der Waals surface area contributed by atoms with Crippen LogP contribution in [-0.4, -0.2) is 62.3 Å². The van der Waals surface area contributed by atoms with E-state index < -0.39 is 59.0 Å². The van der Waals surface area contributed by atoms with E-state index in [1.54, 1.807) is 6.92 Å². The lowest BCUT2D eigenvalue weighted by atomic mass is 10.2. The van der Waals surface area contributed by atoms with Crippen molar-refractivity contribution in [3.63, 3.8) is 0 Å². The number of phenols is 5. The number of esters is 1. The Labute approximate surface area is 175 Å². The second-order valence-corrected chi connectivity index (χ2v) is 5.92. The van der Waals surface area contributed by atoms with E-state index >= 15 is 0 Å². The Morgan fingerprint density at radius 2 is 1.29 bits per heavy atom. The van der Waals surface area contributed by atoms with Crippen LogP contribution in [0.3, 0.4) is 0 Å². The molecule has 12 heteroatoms. The predicted molar refractivity (Wildman–Crippen MR) is 100 cm³/mol. The number of hydrogen-bond acceptors (Lipinski definition) is 11. The van der Waals surface area contributed by atoms with Gasteiger partial charge in [0.05, 0.1) is 11.1 Å². The van der Waals surface area contributed by atoms with E-state index in [0.29, 0.717) is 0 Å². The van der Waals surface area contributed by atoms with Crippen molar-refractivity contribution < 1.29 is 59.5 Å². The number of carbonyl (C=O) groups excluding carboxylic acids is 1. The molecule has 0 heterocycles. The molecule has 2 aromatic rings. The van der Waals surface area contributed by atoms with Gasteiger partial charge in [-0.1, -0.05) is 0 Å². The number of aromatic carboxylic acids is 1. The molecule has 0 aliphatic carbocycles. The standard InChI is InChI=1S/C12H16O7.C7H6O5/c1-6(17-3)18-7(2)19-12(16)8-4-9(13)11(15)10(14)5-8;8-4-1-3(7(11)12)2-5(9)6(4)10/h4-7,13-15H,1-3H3;1-2,8-10H,(H,11,12)/p-1. The first-order chi connectivity index (χ1) is 14.4. The fraction of sp³-hybridized carbons (Fsp3) is 0.263. The summed E-state index contributed by atoms with van der Waals surface area (Å²) >= 11 is 0. The topological polar surface area (TPSA) is 206 Å². The third-order valence-corrected chi connectivity index (χ3v) is 3.59. The number of ether oxygens (including phenoxy) is 3. The maximum absolute atomic E-state index is 11.7. The highest BCUT2D eigenvalue weighted by molar-refractivity contribution is 5.91. The van der Waals surface area contributed by atoms with Gasteiger partial charge in [-0.25, -0.2) is 9.59 Å². The SMILES string of the molecule is COC(C)OC(C)OC(=O)c1cc(O)c(O)c(O)c1.O=C(O)c1cc(O)c([O-])c(O)c1. The Hall–Kier alpha value is -3.90. The average molecular weight is 441 g/mol. The second-order valence-electron chi connectivity index (χ2n) is 5.92. The monoisotopic (exact) mass is 441 g/mol. The molecule has 0 amide bonds. The summed E-state index contributed by atoms with van der Waals surface area (Å²) in [6.07, 6.45) is -1.43. The molecule has 6 N–H and O–H groups in total. The van der Waals surface area contributed by atoms with Crippen molar-refractivity contribution >= 4 is 11.9 Å². The number of methoxy groups -OCH3 is 1. The van der Waals surface area contributed by atoms with Crippen LogP contribution in [0.2, 0.25) is 0 Å². The summed E-state index contributed by atoms with van der Waals surface area (Å²) in [4.78, 5) is 22.0. The molecule has 0 radical (unpaired) electrons. The van der Waals surface area contributed by atoms with Crippen LogP contribution in [0.5, 0.6) is 34.5 Å². The fourth-order valence-corrected chi connectivity index (χ4v) is 2.02. The van der Waals surface area contributed by atoms with Crippen LogP contribution >= 0.6 is 0 Å². The lowest BCUT2D eigenvalue weighted by Gasteiger charge is -2.18. The summed E-state index contributed by atoms with van der Waals surface area (Å²) in [7, 11) is 1.44. The third kappa shape index (κ3) is 7.13. The van der Waals surface area contributed by atoms with Gasteiger partial charge in [-0.3, -0.25) is 0 Å². The van der Waals surface area contributed by atoms with Crippen LogP contribution in [-0.2, 0) is 14.2 Å². The first kappa shape index (κ1) is 25.1. The van der Waals surface area contributed by atoms with Crippen molar-refractivity contribution in [1.29, 1.82) is 0 Å². The molecular weight excluding hydrogens is 420 g/mol. The summed E-state index contributed by atoms with van der Waals surface area (Å²) in [5, 5.41) is 64.3. The van der Waals surface area contributed by atoms with Crippen molar-refractivity contribution in [2.45, 2.75) is 26.4 Å². The van der Waals surface area contributed by atoms with Crippen LogP contribution in [0, 0.1) is 0 Å². The number of phenolic OH excluding ortho intramolecular Hbond substituents is 5. The Bertz CT molecular complexity index is 893. The van der Waals surface area contributed by atoms with E-state index in [1.807, 2.05) is 0 Å². The van der Waals surface area contributed by atoms with E-state index in [1.165, 1.54) is 14.0 Å². The summed E-state index contributed by atoms with van der Waals surface area (Å²) in [5.41, 5.74) is -0.446. The quantitative estimate of drug-likeness (QED) is 0.212. The van der Waals surface area contributed by atoms with Crippen LogP contribution < -0.4 is 5.11 Å². The molecule has 0 spiro atoms. The summed E-state index contributed by atoms with van der Waals surface area (Å²) in [5.74, 6) is -6.59. The van der Waals surface area contributed by atoms with Gasteiger partial charge < -0.3 is 50.0 Å². The van der Waals surface area contributed by atoms with Crippen LogP contribution in [0.1, 0.15) is 34.6 Å². The minimum Gasteiger partial charge on any atom is -0.867 e. The first-order valence-electron chi connectivity index (χ1n) is 8.47. The highest BCUT2D eigenvalue weighted by Gasteiger charge is 2.18. The number of aromatic hydroxyl groups is 5. The zero-order valence-electron chi connectivity index (χ0n) is 16.6. The molecule has 2 rings (SSSR count). The number of carboxylic acids is 1. The predicted octanol–water partition coefficient (Wildman–Crippen LogP) is 1.18. The van der Waals surface area contributed by atoms with Crippen molar-refractivity contribution in [3.05, 3.63) is 35.4 Å². The molecule has 2 aromatic carbocycles. The summed E-state index contributed by atoms with van der Waals surface area (Å²) in [6.45, 7) is 3.12. The van der Waals surface area contributed by atoms with E-state index in [-0.39, 0.29) is 11.1 Å². The van der Waals surface area contributed by atoms with E-state index in [4.69, 9.17) is 34.6 Å². The smallest absolute Gasteiger partial charge is 0.340 e. The summed E-state index contributed by atoms with van der Waals surface area (Å²) < 4.78 is 14.9. The van der Waals surface area contributed by atoms with Gasteiger partial charge in [-0.15, -0.1) is 0 Å². The van der Waals surface area contributed by atoms with Gasteiger partial charge in [0.15, 0.2) is 23.5 Å². The van der Waals surface area contributed by atoms with Gasteiger partial charge in [0, 0.05) is 7.11 Å². The molecule has 0 aromatic heterocycles. The molecule has 0 saturated carbocycles. The second kappa shape index (κ2) is 10.8. The van der Waals surface area contributed by atoms with Crippen LogP contribution in [0.4, 0.5) is 0 Å². The Morgan fingerprint density at radius 3 is 1.71 bits per heavy atom. The molecule has 2 atom stereocenters. The third-order valence-electron chi connectivity index (χ3n) is 3.59. The minimum atomic E-state index is -1.32. The molecule has 31 heavy (non-hydrogen) atoms. The largest absolute Gasteiger partial charge is 0.867 e. The summed E-state index contributed by atoms with van der Waals surface area (Å²) in [6, 6.07) is 3.52. The Morgan fingerprint density at radius 1 is 0.839 bits per heavy atom. The fourth-order valence-electron chi connectivity index (χ4n) is 2.02. The number of hydrogen-bond donors (Lipinski definition) is 6. The van der Waals surface area contributed by atoms with Gasteiger partial charge in [0.1, 0.15) is 11.5 Å². The Balaban J connectivity index is 0.000000343. The van der Waals surface area contributed by atoms with Crippen LogP contribution in [0.25, 0.3) is 0 Å². The van der Waals surface area contributed by atoms with E-state index in [9.17, 15) is 24.9 Å². The van der Waals surface area contributed by atoms with Gasteiger partial charge in [0.25, 0.3) is 0 Å². The van der Waals surface area contributed by atoms with Crippen molar-refractivity contribution in [2.24, 2.45) is 0 Å². The zero-order chi connectivity index (χ0) is 23.9. The first-order valence-corrected chi connectivity index (χ1v) is 8.47. The molecular formula is C19H21O12-. The maximum atomic E-state index is 11.7. The zero-order valence-corrected chi connectivity index (χ0v) is 16.6. The van der Waals surface area contributed by atoms with Crippen LogP contribution in [0.15, 0.2) is 24.3 Å².